The molecule has 110 valence electrons. The van der Waals surface area contributed by atoms with Gasteiger partial charge in [-0.2, -0.15) is 15.0 Å². The molecule has 0 unspecified atom stereocenters. The molecule has 1 aromatic rings. The van der Waals surface area contributed by atoms with Crippen LogP contribution in [0.5, 0.6) is 0 Å². The minimum absolute atomic E-state index is 0.276. The molecule has 1 aromatic heterocycles. The molecule has 0 spiro atoms. The lowest BCUT2D eigenvalue weighted by Gasteiger charge is -2.32. The summed E-state index contributed by atoms with van der Waals surface area (Å²) in [6.07, 6.45) is 2.37. The van der Waals surface area contributed by atoms with Crippen LogP contribution in [0.1, 0.15) is 12.8 Å². The van der Waals surface area contributed by atoms with Gasteiger partial charge < -0.3 is 15.5 Å². The molecular formula is C12H22N8. The topological polar surface area (TPSA) is 86.4 Å². The zero-order valence-electron chi connectivity index (χ0n) is 11.9. The van der Waals surface area contributed by atoms with Crippen LogP contribution in [0.2, 0.25) is 0 Å². The van der Waals surface area contributed by atoms with Crippen LogP contribution in [-0.4, -0.2) is 71.2 Å². The summed E-state index contributed by atoms with van der Waals surface area (Å²) in [6.45, 7) is 5.95. The number of nitrogens with zero attached hydrogens (tertiary/aromatic N) is 6. The van der Waals surface area contributed by atoms with Gasteiger partial charge in [0.2, 0.25) is 17.8 Å². The Morgan fingerprint density at radius 3 is 2.35 bits per heavy atom. The Bertz CT molecular complexity index is 451. The first-order valence-electron chi connectivity index (χ1n) is 7.17. The number of aromatic nitrogens is 3. The third kappa shape index (κ3) is 3.07. The van der Waals surface area contributed by atoms with Gasteiger partial charge in [0.05, 0.1) is 0 Å². The number of hydrogen-bond donors (Lipinski definition) is 2. The highest BCUT2D eigenvalue weighted by molar-refractivity contribution is 5.42. The van der Waals surface area contributed by atoms with Crippen molar-refractivity contribution in [2.24, 2.45) is 0 Å². The highest BCUT2D eigenvalue weighted by Crippen LogP contribution is 2.17. The molecule has 0 aromatic carbocycles. The van der Waals surface area contributed by atoms with Crippen LogP contribution in [0, 0.1) is 0 Å². The van der Waals surface area contributed by atoms with Crippen molar-refractivity contribution in [1.29, 1.82) is 0 Å². The van der Waals surface area contributed by atoms with E-state index in [9.17, 15) is 0 Å². The number of likely N-dealkylation sites (N-methyl/N-ethyl adjacent to an activating group) is 1. The van der Waals surface area contributed by atoms with Gasteiger partial charge in [0.15, 0.2) is 0 Å². The van der Waals surface area contributed by atoms with E-state index in [1.807, 2.05) is 0 Å². The Hall–Kier alpha value is -1.67. The van der Waals surface area contributed by atoms with Crippen molar-refractivity contribution >= 4 is 17.8 Å². The lowest BCUT2D eigenvalue weighted by atomic mass is 10.4. The normalized spacial score (nSPS) is 21.4. The van der Waals surface area contributed by atoms with Gasteiger partial charge in [-0.3, -0.25) is 5.43 Å². The lowest BCUT2D eigenvalue weighted by Crippen LogP contribution is -2.47. The Morgan fingerprint density at radius 2 is 1.65 bits per heavy atom. The zero-order valence-corrected chi connectivity index (χ0v) is 11.9. The summed E-state index contributed by atoms with van der Waals surface area (Å²) in [5, 5.41) is 2.13. The van der Waals surface area contributed by atoms with Gasteiger partial charge in [0, 0.05) is 39.3 Å². The number of nitrogens with two attached hydrogens (primary N) is 1. The Balaban J connectivity index is 1.69. The second-order valence-corrected chi connectivity index (χ2v) is 5.41. The predicted octanol–water partition coefficient (Wildman–Crippen LogP) is -0.372. The van der Waals surface area contributed by atoms with Gasteiger partial charge in [0.1, 0.15) is 0 Å². The molecule has 0 bridgehead atoms. The average molecular weight is 278 g/mol. The van der Waals surface area contributed by atoms with Crippen LogP contribution < -0.4 is 16.1 Å². The van der Waals surface area contributed by atoms with Crippen molar-refractivity contribution in [2.75, 3.05) is 62.4 Å². The first-order chi connectivity index (χ1) is 9.70. The van der Waals surface area contributed by atoms with E-state index in [-0.39, 0.29) is 5.95 Å². The zero-order chi connectivity index (χ0) is 13.9. The van der Waals surface area contributed by atoms with E-state index in [0.717, 1.165) is 39.3 Å². The minimum Gasteiger partial charge on any atom is -0.368 e. The van der Waals surface area contributed by atoms with Crippen LogP contribution in [0.25, 0.3) is 0 Å². The van der Waals surface area contributed by atoms with Crippen molar-refractivity contribution in [1.82, 2.24) is 24.9 Å². The molecule has 0 amide bonds. The van der Waals surface area contributed by atoms with Gasteiger partial charge in [-0.1, -0.05) is 0 Å². The largest absolute Gasteiger partial charge is 0.368 e. The third-order valence-corrected chi connectivity index (χ3v) is 3.79. The summed E-state index contributed by atoms with van der Waals surface area (Å²) in [7, 11) is 2.13. The summed E-state index contributed by atoms with van der Waals surface area (Å²) in [5.74, 6) is 1.51. The summed E-state index contributed by atoms with van der Waals surface area (Å²) in [4.78, 5) is 17.4. The Labute approximate surface area is 119 Å². The molecule has 3 N–H and O–H groups in total. The number of piperazine rings is 1. The fraction of sp³-hybridized carbons (Fsp3) is 0.750. The number of hydrazine groups is 1. The summed E-state index contributed by atoms with van der Waals surface area (Å²) in [5.41, 5.74) is 9.04. The monoisotopic (exact) mass is 278 g/mol. The van der Waals surface area contributed by atoms with Crippen LogP contribution in [-0.2, 0) is 0 Å². The molecule has 2 saturated heterocycles. The molecule has 0 saturated carbocycles. The predicted molar refractivity (Wildman–Crippen MR) is 78.4 cm³/mol. The maximum absolute atomic E-state index is 5.80. The molecule has 2 aliphatic rings. The minimum atomic E-state index is 0.276. The van der Waals surface area contributed by atoms with E-state index in [1.165, 1.54) is 12.8 Å². The van der Waals surface area contributed by atoms with Gasteiger partial charge in [-0.05, 0) is 19.9 Å². The lowest BCUT2D eigenvalue weighted by molar-refractivity contribution is 0.178. The Morgan fingerprint density at radius 1 is 0.950 bits per heavy atom. The number of hydrogen-bond acceptors (Lipinski definition) is 8. The van der Waals surface area contributed by atoms with E-state index in [4.69, 9.17) is 5.73 Å². The van der Waals surface area contributed by atoms with Crippen molar-refractivity contribution < 1.29 is 0 Å². The van der Waals surface area contributed by atoms with Crippen molar-refractivity contribution in [2.45, 2.75) is 12.8 Å². The smallest absolute Gasteiger partial charge is 0.244 e. The average Bonchev–Trinajstić information content (AvgIpc) is 2.95. The first kappa shape index (κ1) is 13.3. The Kier molecular flexibility index (Phi) is 3.83. The number of rotatable bonds is 3. The first-order valence-corrected chi connectivity index (χ1v) is 7.17. The van der Waals surface area contributed by atoms with E-state index in [1.54, 1.807) is 0 Å². The fourth-order valence-electron chi connectivity index (χ4n) is 2.55. The van der Waals surface area contributed by atoms with E-state index >= 15 is 0 Å². The molecule has 0 radical (unpaired) electrons. The molecule has 3 heterocycles. The number of anilines is 3. The van der Waals surface area contributed by atoms with Crippen LogP contribution >= 0.6 is 0 Å². The van der Waals surface area contributed by atoms with Gasteiger partial charge in [-0.15, -0.1) is 0 Å². The third-order valence-electron chi connectivity index (χ3n) is 3.79. The molecule has 3 rings (SSSR count). The SMILES string of the molecule is CN1CCN(Nc2nc(N)nc(N3CCCC3)n2)CC1. The molecule has 2 aliphatic heterocycles. The number of nitrogen functional groups attached to an aromatic ring is 1. The van der Waals surface area contributed by atoms with Gasteiger partial charge in [0.25, 0.3) is 0 Å². The summed E-state index contributed by atoms with van der Waals surface area (Å²) >= 11 is 0. The van der Waals surface area contributed by atoms with Crippen LogP contribution in [0.4, 0.5) is 17.8 Å². The quantitative estimate of drug-likeness (QED) is 0.774. The molecule has 8 heteroatoms. The van der Waals surface area contributed by atoms with E-state index in [0.29, 0.717) is 11.9 Å². The van der Waals surface area contributed by atoms with Gasteiger partial charge >= 0.3 is 0 Å². The summed E-state index contributed by atoms with van der Waals surface area (Å²) in [6, 6.07) is 0. The molecule has 0 atom stereocenters. The highest BCUT2D eigenvalue weighted by Gasteiger charge is 2.18. The van der Waals surface area contributed by atoms with E-state index < -0.39 is 0 Å². The van der Waals surface area contributed by atoms with Crippen molar-refractivity contribution in [3.05, 3.63) is 0 Å². The standard InChI is InChI=1S/C12H22N8/c1-18-6-8-20(9-7-18)17-11-14-10(13)15-12(16-11)19-4-2-3-5-19/h2-9H2,1H3,(H3,13,14,15,16,17). The fourth-order valence-corrected chi connectivity index (χ4v) is 2.55. The molecule has 0 aliphatic carbocycles. The van der Waals surface area contributed by atoms with Crippen LogP contribution in [0.3, 0.4) is 0 Å². The maximum atomic E-state index is 5.80. The second kappa shape index (κ2) is 5.76. The van der Waals surface area contributed by atoms with Crippen LogP contribution in [0.15, 0.2) is 0 Å². The van der Waals surface area contributed by atoms with Crippen molar-refractivity contribution in [3.8, 4) is 0 Å². The van der Waals surface area contributed by atoms with Crippen molar-refractivity contribution in [3.63, 3.8) is 0 Å². The second-order valence-electron chi connectivity index (χ2n) is 5.41. The summed E-state index contributed by atoms with van der Waals surface area (Å²) < 4.78 is 0. The number of nitrogens with one attached hydrogen (secondary N) is 1. The molecule has 2 fully saturated rings. The maximum Gasteiger partial charge on any atom is 0.244 e. The molecule has 20 heavy (non-hydrogen) atoms. The highest BCUT2D eigenvalue weighted by atomic mass is 15.6. The van der Waals surface area contributed by atoms with E-state index in [2.05, 4.69) is 42.2 Å². The molecule has 8 nitrogen and oxygen atoms in total. The van der Waals surface area contributed by atoms with Gasteiger partial charge in [-0.25, -0.2) is 5.01 Å². The molecular weight excluding hydrogens is 256 g/mol.